The molecule has 1 aliphatic heterocycles. The molecule has 29 heavy (non-hydrogen) atoms. The van der Waals surface area contributed by atoms with Crippen molar-refractivity contribution in [3.63, 3.8) is 0 Å². The van der Waals surface area contributed by atoms with Crippen LogP contribution in [0.25, 0.3) is 11.3 Å². The monoisotopic (exact) mass is 399 g/mol. The van der Waals surface area contributed by atoms with Crippen molar-refractivity contribution in [2.24, 2.45) is 5.92 Å². The molecule has 156 valence electrons. The van der Waals surface area contributed by atoms with Gasteiger partial charge in [-0.1, -0.05) is 35.0 Å². The minimum Gasteiger partial charge on any atom is -0.444 e. The summed E-state index contributed by atoms with van der Waals surface area (Å²) in [6.07, 6.45) is 1.24. The molecule has 2 heterocycles. The molecule has 1 aliphatic rings. The molecule has 7 nitrogen and oxygen atoms in total. The number of hydrogen-bond acceptors (Lipinski definition) is 5. The number of ether oxygens (including phenoxy) is 1. The summed E-state index contributed by atoms with van der Waals surface area (Å²) in [7, 11) is 0. The molecule has 2 aromatic rings. The molecule has 0 atom stereocenters. The first-order valence-electron chi connectivity index (χ1n) is 10.0. The molecule has 2 amide bonds. The van der Waals surface area contributed by atoms with Crippen molar-refractivity contribution < 1.29 is 18.8 Å². The lowest BCUT2D eigenvalue weighted by Crippen LogP contribution is -2.42. The lowest BCUT2D eigenvalue weighted by molar-refractivity contribution is 0.0496. The highest BCUT2D eigenvalue weighted by atomic mass is 16.6. The van der Waals surface area contributed by atoms with E-state index < -0.39 is 11.7 Å². The van der Waals surface area contributed by atoms with E-state index in [1.54, 1.807) is 11.0 Å². The summed E-state index contributed by atoms with van der Waals surface area (Å²) in [5.74, 6) is 0.435. The van der Waals surface area contributed by atoms with Gasteiger partial charge in [-0.15, -0.1) is 0 Å². The molecular weight excluding hydrogens is 370 g/mol. The Kier molecular flexibility index (Phi) is 6.25. The smallest absolute Gasteiger partial charge is 0.407 e. The number of nitrogens with one attached hydrogen (secondary N) is 1. The number of aryl methyl sites for hydroxylation is 1. The molecule has 0 saturated carbocycles. The Labute approximate surface area is 171 Å². The lowest BCUT2D eigenvalue weighted by Gasteiger charge is -2.31. The van der Waals surface area contributed by atoms with E-state index in [1.807, 2.05) is 52.0 Å². The van der Waals surface area contributed by atoms with Gasteiger partial charge in [0.1, 0.15) is 11.3 Å². The summed E-state index contributed by atoms with van der Waals surface area (Å²) < 4.78 is 10.6. The van der Waals surface area contributed by atoms with Crippen LogP contribution in [0.15, 0.2) is 34.9 Å². The van der Waals surface area contributed by atoms with Crippen molar-refractivity contribution >= 4 is 12.0 Å². The van der Waals surface area contributed by atoms with Crippen molar-refractivity contribution in [2.45, 2.75) is 46.1 Å². The number of carbonyl (C=O) groups excluding carboxylic acids is 2. The summed E-state index contributed by atoms with van der Waals surface area (Å²) >= 11 is 0. The van der Waals surface area contributed by atoms with Gasteiger partial charge in [0.2, 0.25) is 5.76 Å². The zero-order chi connectivity index (χ0) is 21.0. The van der Waals surface area contributed by atoms with Crippen molar-refractivity contribution in [1.82, 2.24) is 15.4 Å². The third kappa shape index (κ3) is 5.82. The Balaban J connectivity index is 1.49. The molecule has 0 bridgehead atoms. The van der Waals surface area contributed by atoms with E-state index in [0.29, 0.717) is 31.2 Å². The van der Waals surface area contributed by atoms with E-state index in [1.165, 1.54) is 0 Å². The zero-order valence-electron chi connectivity index (χ0n) is 17.5. The number of carbonyl (C=O) groups is 2. The molecule has 7 heteroatoms. The highest BCUT2D eigenvalue weighted by Gasteiger charge is 2.27. The summed E-state index contributed by atoms with van der Waals surface area (Å²) in [6, 6.07) is 9.63. The maximum atomic E-state index is 12.7. The Bertz CT molecular complexity index is 844. The summed E-state index contributed by atoms with van der Waals surface area (Å²) in [4.78, 5) is 26.3. The number of likely N-dealkylation sites (tertiary alicyclic amines) is 1. The first-order chi connectivity index (χ1) is 13.7. The number of amides is 2. The van der Waals surface area contributed by atoms with Gasteiger partial charge in [0.05, 0.1) is 0 Å². The van der Waals surface area contributed by atoms with Crippen LogP contribution in [0.1, 0.15) is 49.7 Å². The predicted octanol–water partition coefficient (Wildman–Crippen LogP) is 4.03. The number of rotatable bonds is 4. The highest BCUT2D eigenvalue weighted by Crippen LogP contribution is 2.23. The SMILES string of the molecule is Cc1ccc(-c2cc(C(=O)N3CCC(CNC(=O)OC(C)(C)C)CC3)on2)cc1. The van der Waals surface area contributed by atoms with Crippen LogP contribution >= 0.6 is 0 Å². The van der Waals surface area contributed by atoms with Crippen LogP contribution < -0.4 is 5.32 Å². The number of aromatic nitrogens is 1. The average molecular weight is 399 g/mol. The van der Waals surface area contributed by atoms with Gasteiger partial charge in [0.15, 0.2) is 0 Å². The van der Waals surface area contributed by atoms with Gasteiger partial charge in [-0.3, -0.25) is 4.79 Å². The lowest BCUT2D eigenvalue weighted by atomic mass is 9.96. The highest BCUT2D eigenvalue weighted by molar-refractivity contribution is 5.92. The normalized spacial score (nSPS) is 15.2. The van der Waals surface area contributed by atoms with Crippen molar-refractivity contribution in [3.05, 3.63) is 41.7 Å². The number of piperidine rings is 1. The van der Waals surface area contributed by atoms with Gasteiger partial charge < -0.3 is 19.5 Å². The molecule has 1 aromatic carbocycles. The van der Waals surface area contributed by atoms with Gasteiger partial charge in [-0.05, 0) is 46.5 Å². The molecule has 0 aliphatic carbocycles. The second-order valence-corrected chi connectivity index (χ2v) is 8.56. The second kappa shape index (κ2) is 8.68. The maximum absolute atomic E-state index is 12.7. The van der Waals surface area contributed by atoms with Gasteiger partial charge in [0, 0.05) is 31.3 Å². The van der Waals surface area contributed by atoms with Crippen molar-refractivity contribution in [2.75, 3.05) is 19.6 Å². The fourth-order valence-electron chi connectivity index (χ4n) is 3.27. The van der Waals surface area contributed by atoms with E-state index in [-0.39, 0.29) is 11.7 Å². The van der Waals surface area contributed by atoms with Crippen LogP contribution in [0.4, 0.5) is 4.79 Å². The van der Waals surface area contributed by atoms with E-state index in [9.17, 15) is 9.59 Å². The summed E-state index contributed by atoms with van der Waals surface area (Å²) in [6.45, 7) is 9.34. The van der Waals surface area contributed by atoms with Crippen molar-refractivity contribution in [1.29, 1.82) is 0 Å². The Hall–Kier alpha value is -2.83. The molecule has 1 saturated heterocycles. The van der Waals surface area contributed by atoms with Gasteiger partial charge in [-0.2, -0.15) is 0 Å². The minimum atomic E-state index is -0.506. The van der Waals surface area contributed by atoms with E-state index in [2.05, 4.69) is 10.5 Å². The Morgan fingerprint density at radius 3 is 2.48 bits per heavy atom. The van der Waals surface area contributed by atoms with Gasteiger partial charge >= 0.3 is 6.09 Å². The number of hydrogen-bond donors (Lipinski definition) is 1. The molecule has 0 radical (unpaired) electrons. The van der Waals surface area contributed by atoms with Crippen LogP contribution in [0.3, 0.4) is 0 Å². The molecule has 3 rings (SSSR count). The number of nitrogens with zero attached hydrogens (tertiary/aromatic N) is 2. The largest absolute Gasteiger partial charge is 0.444 e. The fraction of sp³-hybridized carbons (Fsp3) is 0.500. The predicted molar refractivity (Wildman–Crippen MR) is 110 cm³/mol. The van der Waals surface area contributed by atoms with Crippen molar-refractivity contribution in [3.8, 4) is 11.3 Å². The van der Waals surface area contributed by atoms with E-state index in [0.717, 1.165) is 24.0 Å². The second-order valence-electron chi connectivity index (χ2n) is 8.56. The first-order valence-corrected chi connectivity index (χ1v) is 10.0. The molecule has 0 spiro atoms. The zero-order valence-corrected chi connectivity index (χ0v) is 17.5. The summed E-state index contributed by atoms with van der Waals surface area (Å²) in [5.41, 5.74) is 2.24. The Morgan fingerprint density at radius 1 is 1.21 bits per heavy atom. The van der Waals surface area contributed by atoms with Crippen LogP contribution in [0.5, 0.6) is 0 Å². The Morgan fingerprint density at radius 2 is 1.86 bits per heavy atom. The van der Waals surface area contributed by atoms with Gasteiger partial charge in [-0.25, -0.2) is 4.79 Å². The molecule has 0 unspecified atom stereocenters. The van der Waals surface area contributed by atoms with Crippen LogP contribution in [-0.4, -0.2) is 47.3 Å². The minimum absolute atomic E-state index is 0.144. The van der Waals surface area contributed by atoms with E-state index in [4.69, 9.17) is 9.26 Å². The molecule has 1 aromatic heterocycles. The average Bonchev–Trinajstić information content (AvgIpc) is 3.15. The molecule has 1 N–H and O–H groups in total. The van der Waals surface area contributed by atoms with Crippen LogP contribution in [-0.2, 0) is 4.74 Å². The third-order valence-corrected chi connectivity index (χ3v) is 4.90. The topological polar surface area (TPSA) is 84.7 Å². The molecular formula is C22H29N3O4. The van der Waals surface area contributed by atoms with Gasteiger partial charge in [0.25, 0.3) is 5.91 Å². The number of benzene rings is 1. The van der Waals surface area contributed by atoms with Crippen LogP contribution in [0.2, 0.25) is 0 Å². The standard InChI is InChI=1S/C22H29N3O4/c1-15-5-7-17(8-6-15)18-13-19(29-24-18)20(26)25-11-9-16(10-12-25)14-23-21(27)28-22(2,3)4/h5-8,13,16H,9-12,14H2,1-4H3,(H,23,27). The van der Waals surface area contributed by atoms with E-state index >= 15 is 0 Å². The third-order valence-electron chi connectivity index (χ3n) is 4.90. The summed E-state index contributed by atoms with van der Waals surface area (Å²) in [5, 5.41) is 6.86. The maximum Gasteiger partial charge on any atom is 0.407 e. The quantitative estimate of drug-likeness (QED) is 0.839. The first kappa shape index (κ1) is 20.9. The number of alkyl carbamates (subject to hydrolysis) is 1. The molecule has 1 fully saturated rings. The fourth-order valence-corrected chi connectivity index (χ4v) is 3.27. The van der Waals surface area contributed by atoms with Crippen LogP contribution in [0, 0.1) is 12.8 Å².